The molecule has 142 valence electrons. The van der Waals surface area contributed by atoms with E-state index < -0.39 is 11.9 Å². The van der Waals surface area contributed by atoms with Crippen molar-refractivity contribution in [2.75, 3.05) is 19.8 Å². The summed E-state index contributed by atoms with van der Waals surface area (Å²) < 4.78 is 10.1. The molecule has 0 radical (unpaired) electrons. The van der Waals surface area contributed by atoms with Crippen molar-refractivity contribution in [3.63, 3.8) is 0 Å². The SMILES string of the molecule is C[C@@H](CNC(=O)COC(=O)c1ccc(OCC(N)=O)cc1)c1ccccc1. The number of benzene rings is 2. The number of primary amides is 1. The maximum atomic E-state index is 12.0. The number of nitrogens with two attached hydrogens (primary N) is 1. The molecule has 0 heterocycles. The molecule has 2 amide bonds. The van der Waals surface area contributed by atoms with Gasteiger partial charge in [0.2, 0.25) is 0 Å². The van der Waals surface area contributed by atoms with Crippen molar-refractivity contribution in [1.29, 1.82) is 0 Å². The lowest BCUT2D eigenvalue weighted by molar-refractivity contribution is -0.124. The molecule has 0 aliphatic heterocycles. The molecule has 0 fully saturated rings. The average molecular weight is 370 g/mol. The Labute approximate surface area is 157 Å². The van der Waals surface area contributed by atoms with E-state index in [1.165, 1.54) is 24.3 Å². The predicted molar refractivity (Wildman–Crippen MR) is 99.3 cm³/mol. The molecular weight excluding hydrogens is 348 g/mol. The minimum atomic E-state index is -0.622. The van der Waals surface area contributed by atoms with Crippen molar-refractivity contribution in [2.45, 2.75) is 12.8 Å². The van der Waals surface area contributed by atoms with Crippen LogP contribution in [0.15, 0.2) is 54.6 Å². The second-order valence-corrected chi connectivity index (χ2v) is 5.97. The summed E-state index contributed by atoms with van der Waals surface area (Å²) in [5.74, 6) is -1.03. The third-order valence-corrected chi connectivity index (χ3v) is 3.78. The molecule has 7 nitrogen and oxygen atoms in total. The van der Waals surface area contributed by atoms with E-state index in [0.717, 1.165) is 5.56 Å². The standard InChI is InChI=1S/C20H22N2O5/c1-14(15-5-3-2-4-6-15)11-22-19(24)13-27-20(25)16-7-9-17(10-8-16)26-12-18(21)23/h2-10,14H,11-13H2,1H3,(H2,21,23)(H,22,24)/t14-/m0/s1. The van der Waals surface area contributed by atoms with Gasteiger partial charge >= 0.3 is 5.97 Å². The minimum absolute atomic E-state index is 0.152. The Morgan fingerprint density at radius 1 is 1.00 bits per heavy atom. The quantitative estimate of drug-likeness (QED) is 0.652. The van der Waals surface area contributed by atoms with E-state index in [-0.39, 0.29) is 30.6 Å². The molecule has 0 spiro atoms. The van der Waals surface area contributed by atoms with Crippen LogP contribution in [0.1, 0.15) is 28.8 Å². The molecule has 0 saturated carbocycles. The molecule has 0 aliphatic carbocycles. The minimum Gasteiger partial charge on any atom is -0.484 e. The number of hydrogen-bond donors (Lipinski definition) is 2. The summed E-state index contributed by atoms with van der Waals surface area (Å²) in [7, 11) is 0. The monoisotopic (exact) mass is 370 g/mol. The van der Waals surface area contributed by atoms with Gasteiger partial charge in [-0.15, -0.1) is 0 Å². The zero-order chi connectivity index (χ0) is 19.6. The topological polar surface area (TPSA) is 108 Å². The normalized spacial score (nSPS) is 11.3. The first-order valence-corrected chi connectivity index (χ1v) is 8.45. The maximum Gasteiger partial charge on any atom is 0.338 e. The lowest BCUT2D eigenvalue weighted by atomic mass is 10.0. The van der Waals surface area contributed by atoms with Crippen molar-refractivity contribution in [3.05, 3.63) is 65.7 Å². The predicted octanol–water partition coefficient (Wildman–Crippen LogP) is 1.63. The number of carbonyl (C=O) groups excluding carboxylic acids is 3. The molecule has 1 atom stereocenters. The third-order valence-electron chi connectivity index (χ3n) is 3.78. The Morgan fingerprint density at radius 2 is 1.67 bits per heavy atom. The molecule has 0 aromatic heterocycles. The molecule has 3 N–H and O–H groups in total. The van der Waals surface area contributed by atoms with Crippen molar-refractivity contribution in [1.82, 2.24) is 5.32 Å². The summed E-state index contributed by atoms with van der Waals surface area (Å²) in [6.45, 7) is 1.85. The fourth-order valence-corrected chi connectivity index (χ4v) is 2.27. The Bertz CT molecular complexity index is 775. The number of carbonyl (C=O) groups is 3. The van der Waals surface area contributed by atoms with Crippen molar-refractivity contribution < 1.29 is 23.9 Å². The van der Waals surface area contributed by atoms with Gasteiger partial charge < -0.3 is 20.5 Å². The number of esters is 1. The van der Waals surface area contributed by atoms with E-state index in [9.17, 15) is 14.4 Å². The van der Waals surface area contributed by atoms with Crippen molar-refractivity contribution in [2.24, 2.45) is 5.73 Å². The van der Waals surface area contributed by atoms with Gasteiger partial charge in [0.05, 0.1) is 5.56 Å². The van der Waals surface area contributed by atoms with Crippen LogP contribution in [0.2, 0.25) is 0 Å². The molecular formula is C20H22N2O5. The van der Waals surface area contributed by atoms with Gasteiger partial charge in [-0.25, -0.2) is 4.79 Å². The second-order valence-electron chi connectivity index (χ2n) is 5.97. The summed E-state index contributed by atoms with van der Waals surface area (Å²) in [6.07, 6.45) is 0. The molecule has 2 aromatic rings. The van der Waals surface area contributed by atoms with Gasteiger partial charge in [-0.3, -0.25) is 9.59 Å². The van der Waals surface area contributed by atoms with Gasteiger partial charge in [0.15, 0.2) is 13.2 Å². The van der Waals surface area contributed by atoms with Crippen LogP contribution in [0.3, 0.4) is 0 Å². The van der Waals surface area contributed by atoms with E-state index in [0.29, 0.717) is 12.3 Å². The molecule has 0 unspecified atom stereocenters. The highest BCUT2D eigenvalue weighted by Gasteiger charge is 2.12. The fourth-order valence-electron chi connectivity index (χ4n) is 2.27. The van der Waals surface area contributed by atoms with Crippen LogP contribution >= 0.6 is 0 Å². The zero-order valence-electron chi connectivity index (χ0n) is 15.0. The van der Waals surface area contributed by atoms with Crippen LogP contribution < -0.4 is 15.8 Å². The Kier molecular flexibility index (Phi) is 7.37. The lowest BCUT2D eigenvalue weighted by Gasteiger charge is -2.13. The highest BCUT2D eigenvalue weighted by molar-refractivity contribution is 5.91. The zero-order valence-corrected chi connectivity index (χ0v) is 15.0. The van der Waals surface area contributed by atoms with Crippen molar-refractivity contribution in [3.8, 4) is 5.75 Å². The van der Waals surface area contributed by atoms with Crippen LogP contribution in [0.25, 0.3) is 0 Å². The highest BCUT2D eigenvalue weighted by Crippen LogP contribution is 2.14. The van der Waals surface area contributed by atoms with Gasteiger partial charge in [-0.05, 0) is 35.7 Å². The largest absolute Gasteiger partial charge is 0.484 e. The molecule has 0 aliphatic rings. The number of nitrogens with one attached hydrogen (secondary N) is 1. The molecule has 27 heavy (non-hydrogen) atoms. The first-order chi connectivity index (χ1) is 13.0. The first-order valence-electron chi connectivity index (χ1n) is 8.45. The van der Waals surface area contributed by atoms with Crippen LogP contribution in [-0.4, -0.2) is 37.5 Å². The lowest BCUT2D eigenvalue weighted by Crippen LogP contribution is -2.31. The molecule has 2 aromatic carbocycles. The summed E-state index contributed by atoms with van der Waals surface area (Å²) in [5, 5.41) is 2.74. The van der Waals surface area contributed by atoms with Gasteiger partial charge in [0.1, 0.15) is 5.75 Å². The first kappa shape index (κ1) is 20.0. The smallest absolute Gasteiger partial charge is 0.338 e. The van der Waals surface area contributed by atoms with Crippen LogP contribution in [0.5, 0.6) is 5.75 Å². The van der Waals surface area contributed by atoms with Crippen molar-refractivity contribution >= 4 is 17.8 Å². The molecule has 2 rings (SSSR count). The molecule has 0 saturated heterocycles. The van der Waals surface area contributed by atoms with Crippen LogP contribution in [0, 0.1) is 0 Å². The number of amides is 2. The van der Waals surface area contributed by atoms with Gasteiger partial charge in [0, 0.05) is 6.54 Å². The molecule has 7 heteroatoms. The maximum absolute atomic E-state index is 12.0. The van der Waals surface area contributed by atoms with Crippen LogP contribution in [-0.2, 0) is 14.3 Å². The summed E-state index contributed by atoms with van der Waals surface area (Å²) in [5.41, 5.74) is 6.38. The fraction of sp³-hybridized carbons (Fsp3) is 0.250. The summed E-state index contributed by atoms with van der Waals surface area (Å²) in [4.78, 5) is 34.5. The Morgan fingerprint density at radius 3 is 2.30 bits per heavy atom. The van der Waals surface area contributed by atoms with E-state index in [1.54, 1.807) is 0 Å². The van der Waals surface area contributed by atoms with Gasteiger partial charge in [-0.2, -0.15) is 0 Å². The summed E-state index contributed by atoms with van der Waals surface area (Å²) >= 11 is 0. The average Bonchev–Trinajstić information content (AvgIpc) is 2.69. The third kappa shape index (κ3) is 6.81. The second kappa shape index (κ2) is 9.96. The number of ether oxygens (including phenoxy) is 2. The van der Waals surface area contributed by atoms with Gasteiger partial charge in [-0.1, -0.05) is 37.3 Å². The Balaban J connectivity index is 1.74. The van der Waals surface area contributed by atoms with E-state index in [2.05, 4.69) is 5.32 Å². The van der Waals surface area contributed by atoms with E-state index in [1.807, 2.05) is 37.3 Å². The Hall–Kier alpha value is -3.35. The number of rotatable bonds is 9. The number of hydrogen-bond acceptors (Lipinski definition) is 5. The van der Waals surface area contributed by atoms with Gasteiger partial charge in [0.25, 0.3) is 11.8 Å². The van der Waals surface area contributed by atoms with Crippen LogP contribution in [0.4, 0.5) is 0 Å². The highest BCUT2D eigenvalue weighted by atomic mass is 16.5. The molecule has 0 bridgehead atoms. The van der Waals surface area contributed by atoms with E-state index in [4.69, 9.17) is 15.2 Å². The summed E-state index contributed by atoms with van der Waals surface area (Å²) in [6, 6.07) is 15.8. The van der Waals surface area contributed by atoms with E-state index >= 15 is 0 Å².